The summed E-state index contributed by atoms with van der Waals surface area (Å²) in [5.41, 5.74) is 1.90. The Bertz CT molecular complexity index is 721. The van der Waals surface area contributed by atoms with Crippen molar-refractivity contribution >= 4 is 23.0 Å². The number of hydrogen-bond acceptors (Lipinski definition) is 6. The smallest absolute Gasteiger partial charge is 0.328 e. The summed E-state index contributed by atoms with van der Waals surface area (Å²) < 4.78 is 9.84. The molecule has 1 N–H and O–H groups in total. The lowest BCUT2D eigenvalue weighted by Gasteiger charge is -2.20. The zero-order valence-electron chi connectivity index (χ0n) is 13.3. The second-order valence-electron chi connectivity index (χ2n) is 5.48. The van der Waals surface area contributed by atoms with E-state index >= 15 is 0 Å². The summed E-state index contributed by atoms with van der Waals surface area (Å²) in [6.45, 7) is 7.16. The largest absolute Gasteiger partial charge is 0.467 e. The Morgan fingerprint density at radius 2 is 2.00 bits per heavy atom. The summed E-state index contributed by atoms with van der Waals surface area (Å²) >= 11 is 0. The van der Waals surface area contributed by atoms with Crippen molar-refractivity contribution < 1.29 is 18.8 Å². The molecule has 1 amide bonds. The van der Waals surface area contributed by atoms with Gasteiger partial charge in [0, 0.05) is 5.69 Å². The van der Waals surface area contributed by atoms with Crippen molar-refractivity contribution in [1.29, 1.82) is 0 Å². The predicted octanol–water partition coefficient (Wildman–Crippen LogP) is 1.77. The lowest BCUT2D eigenvalue weighted by Crippen LogP contribution is -2.45. The van der Waals surface area contributed by atoms with Gasteiger partial charge in [0.1, 0.15) is 6.04 Å². The molecule has 7 heteroatoms. The average molecular weight is 305 g/mol. The molecule has 0 aliphatic heterocycles. The molecule has 2 rings (SSSR count). The number of carbonyl (C=O) groups excluding carboxylic acids is 2. The second-order valence-corrected chi connectivity index (χ2v) is 5.48. The minimum atomic E-state index is -0.721. The van der Waals surface area contributed by atoms with E-state index in [1.54, 1.807) is 19.9 Å². The number of amides is 1. The number of nitrogens with one attached hydrogen (secondary N) is 1. The maximum atomic E-state index is 12.6. The Hall–Kier alpha value is -2.44. The Labute approximate surface area is 128 Å². The Balaban J connectivity index is 2.41. The molecule has 22 heavy (non-hydrogen) atoms. The molecule has 0 aliphatic carbocycles. The highest BCUT2D eigenvalue weighted by Gasteiger charge is 2.27. The number of aryl methyl sites for hydroxylation is 2. The monoisotopic (exact) mass is 305 g/mol. The maximum absolute atomic E-state index is 12.6. The highest BCUT2D eigenvalue weighted by molar-refractivity contribution is 6.07. The van der Waals surface area contributed by atoms with Crippen LogP contribution >= 0.6 is 0 Å². The van der Waals surface area contributed by atoms with Gasteiger partial charge in [-0.3, -0.25) is 4.79 Å². The molecule has 0 aromatic carbocycles. The van der Waals surface area contributed by atoms with Gasteiger partial charge in [-0.25, -0.2) is 9.78 Å². The van der Waals surface area contributed by atoms with Crippen LogP contribution in [-0.2, 0) is 9.53 Å². The summed E-state index contributed by atoms with van der Waals surface area (Å²) in [5, 5.41) is 7.10. The molecule has 0 fully saturated rings. The highest BCUT2D eigenvalue weighted by atomic mass is 16.5. The van der Waals surface area contributed by atoms with Crippen molar-refractivity contribution in [3.05, 3.63) is 23.0 Å². The van der Waals surface area contributed by atoms with Gasteiger partial charge in [-0.2, -0.15) is 0 Å². The number of esters is 1. The fourth-order valence-electron chi connectivity index (χ4n) is 2.24. The van der Waals surface area contributed by atoms with E-state index in [0.29, 0.717) is 28.1 Å². The molecular formula is C15H19N3O4. The molecule has 2 heterocycles. The molecule has 1 atom stereocenters. The van der Waals surface area contributed by atoms with Crippen molar-refractivity contribution in [2.45, 2.75) is 33.7 Å². The number of methoxy groups -OCH3 is 1. The fraction of sp³-hybridized carbons (Fsp3) is 0.467. The van der Waals surface area contributed by atoms with Gasteiger partial charge in [-0.05, 0) is 25.8 Å². The van der Waals surface area contributed by atoms with Crippen molar-refractivity contribution in [3.8, 4) is 0 Å². The Morgan fingerprint density at radius 1 is 1.32 bits per heavy atom. The molecular weight excluding hydrogens is 286 g/mol. The number of hydrogen-bond donors (Lipinski definition) is 1. The molecule has 2 aromatic heterocycles. The van der Waals surface area contributed by atoms with Crippen LogP contribution in [0.4, 0.5) is 0 Å². The van der Waals surface area contributed by atoms with E-state index in [4.69, 9.17) is 9.26 Å². The number of pyridine rings is 1. The normalized spacial score (nSPS) is 12.5. The molecule has 0 radical (unpaired) electrons. The quantitative estimate of drug-likeness (QED) is 0.865. The van der Waals surface area contributed by atoms with Crippen LogP contribution < -0.4 is 5.32 Å². The zero-order chi connectivity index (χ0) is 16.4. The van der Waals surface area contributed by atoms with E-state index in [-0.39, 0.29) is 11.8 Å². The maximum Gasteiger partial charge on any atom is 0.328 e. The van der Waals surface area contributed by atoms with Gasteiger partial charge in [-0.1, -0.05) is 19.0 Å². The molecule has 2 aromatic rings. The van der Waals surface area contributed by atoms with Crippen LogP contribution in [0.1, 0.15) is 35.6 Å². The van der Waals surface area contributed by atoms with Crippen LogP contribution in [0.2, 0.25) is 0 Å². The van der Waals surface area contributed by atoms with Crippen molar-refractivity contribution in [3.63, 3.8) is 0 Å². The van der Waals surface area contributed by atoms with E-state index in [1.165, 1.54) is 7.11 Å². The van der Waals surface area contributed by atoms with Crippen LogP contribution in [0.25, 0.3) is 11.1 Å². The molecule has 7 nitrogen and oxygen atoms in total. The second kappa shape index (κ2) is 6.13. The van der Waals surface area contributed by atoms with Gasteiger partial charge in [0.15, 0.2) is 0 Å². The Kier molecular flexibility index (Phi) is 4.44. The minimum Gasteiger partial charge on any atom is -0.467 e. The highest BCUT2D eigenvalue weighted by Crippen LogP contribution is 2.22. The van der Waals surface area contributed by atoms with E-state index in [9.17, 15) is 9.59 Å². The van der Waals surface area contributed by atoms with E-state index in [0.717, 1.165) is 0 Å². The van der Waals surface area contributed by atoms with E-state index < -0.39 is 12.0 Å². The third-order valence-electron chi connectivity index (χ3n) is 3.40. The van der Waals surface area contributed by atoms with Crippen molar-refractivity contribution in [1.82, 2.24) is 15.5 Å². The third kappa shape index (κ3) is 2.93. The minimum absolute atomic E-state index is 0.0987. The predicted molar refractivity (Wildman–Crippen MR) is 79.4 cm³/mol. The van der Waals surface area contributed by atoms with Crippen LogP contribution in [0.3, 0.4) is 0 Å². The van der Waals surface area contributed by atoms with Crippen LogP contribution in [0.15, 0.2) is 10.6 Å². The standard InChI is InChI=1S/C15H19N3O4/c1-7(2)12(15(20)21-5)17-13(19)10-6-8(3)16-14-11(10)9(4)18-22-14/h6-7,12H,1-5H3,(H,17,19)/t12-/m0/s1. The lowest BCUT2D eigenvalue weighted by atomic mass is 10.0. The number of rotatable bonds is 4. The SMILES string of the molecule is COC(=O)[C@@H](NC(=O)c1cc(C)nc2onc(C)c12)C(C)C. The number of aromatic nitrogens is 2. The van der Waals surface area contributed by atoms with Gasteiger partial charge in [-0.15, -0.1) is 0 Å². The van der Waals surface area contributed by atoms with Crippen molar-refractivity contribution in [2.24, 2.45) is 5.92 Å². The number of carbonyl (C=O) groups is 2. The zero-order valence-corrected chi connectivity index (χ0v) is 13.3. The van der Waals surface area contributed by atoms with Gasteiger partial charge in [0.05, 0.1) is 23.8 Å². The summed E-state index contributed by atoms with van der Waals surface area (Å²) in [4.78, 5) is 28.6. The molecule has 0 saturated heterocycles. The first-order valence-corrected chi connectivity index (χ1v) is 6.97. The van der Waals surface area contributed by atoms with E-state index in [1.807, 2.05) is 13.8 Å². The average Bonchev–Trinajstić information content (AvgIpc) is 2.83. The summed E-state index contributed by atoms with van der Waals surface area (Å²) in [7, 11) is 1.29. The molecule has 0 aliphatic rings. The van der Waals surface area contributed by atoms with Gasteiger partial charge in [0.2, 0.25) is 0 Å². The first-order chi connectivity index (χ1) is 10.3. The number of nitrogens with zero attached hydrogens (tertiary/aromatic N) is 2. The van der Waals surface area contributed by atoms with Gasteiger partial charge < -0.3 is 14.6 Å². The summed E-state index contributed by atoms with van der Waals surface area (Å²) in [5.74, 6) is -0.961. The third-order valence-corrected chi connectivity index (χ3v) is 3.40. The molecule has 0 saturated carbocycles. The van der Waals surface area contributed by atoms with E-state index in [2.05, 4.69) is 15.5 Å². The first kappa shape index (κ1) is 15.9. The van der Waals surface area contributed by atoms with Crippen LogP contribution in [-0.4, -0.2) is 35.2 Å². The van der Waals surface area contributed by atoms with Crippen LogP contribution in [0, 0.1) is 19.8 Å². The van der Waals surface area contributed by atoms with Gasteiger partial charge >= 0.3 is 5.97 Å². The molecule has 0 unspecified atom stereocenters. The van der Waals surface area contributed by atoms with Crippen LogP contribution in [0.5, 0.6) is 0 Å². The summed E-state index contributed by atoms with van der Waals surface area (Å²) in [6, 6.07) is 0.928. The summed E-state index contributed by atoms with van der Waals surface area (Å²) in [6.07, 6.45) is 0. The molecule has 118 valence electrons. The van der Waals surface area contributed by atoms with Crippen molar-refractivity contribution in [2.75, 3.05) is 7.11 Å². The van der Waals surface area contributed by atoms with Gasteiger partial charge in [0.25, 0.3) is 11.6 Å². The molecule has 0 spiro atoms. The topological polar surface area (TPSA) is 94.3 Å². The fourth-order valence-corrected chi connectivity index (χ4v) is 2.24. The number of ether oxygens (including phenoxy) is 1. The lowest BCUT2D eigenvalue weighted by molar-refractivity contribution is -0.144. The number of fused-ring (bicyclic) bond motifs is 1. The first-order valence-electron chi connectivity index (χ1n) is 6.97. The Morgan fingerprint density at radius 3 is 2.59 bits per heavy atom. The molecule has 0 bridgehead atoms.